The minimum atomic E-state index is -1.35. The van der Waals surface area contributed by atoms with E-state index in [0.29, 0.717) is 19.4 Å². The standard InChI is InChI=1S/C10H17FNO2.Al/c1-10(2,3)14-9(13)12-6-4-5-8(11)7-12;/h4-7H2,1-3H3;. The maximum atomic E-state index is 13.6. The Kier molecular flexibility index (Phi) is 3.68. The van der Waals surface area contributed by atoms with Crippen LogP contribution < -0.4 is 0 Å². The Morgan fingerprint density at radius 3 is 2.60 bits per heavy atom. The van der Waals surface area contributed by atoms with E-state index in [1.807, 2.05) is 0 Å². The number of nitrogens with zero attached hydrogens (tertiary/aromatic N) is 1. The molecule has 1 unspecified atom stereocenters. The van der Waals surface area contributed by atoms with Crippen molar-refractivity contribution in [3.05, 3.63) is 0 Å². The molecular weight excluding hydrogens is 212 g/mol. The zero-order chi connectivity index (χ0) is 11.7. The predicted molar refractivity (Wildman–Crippen MR) is 56.6 cm³/mol. The first-order valence-corrected chi connectivity index (χ1v) is 5.73. The SMILES string of the molecule is CC(C)(C)OC(=O)N1CCC[C](F)([Al])C1. The van der Waals surface area contributed by atoms with Crippen LogP contribution >= 0.6 is 0 Å². The third-order valence-electron chi connectivity index (χ3n) is 2.13. The van der Waals surface area contributed by atoms with Gasteiger partial charge in [-0.25, -0.2) is 4.79 Å². The molecule has 3 nitrogen and oxygen atoms in total. The summed E-state index contributed by atoms with van der Waals surface area (Å²) in [5.41, 5.74) is -0.519. The van der Waals surface area contributed by atoms with E-state index in [1.165, 1.54) is 4.90 Å². The van der Waals surface area contributed by atoms with Crippen molar-refractivity contribution in [2.45, 2.75) is 43.7 Å². The van der Waals surface area contributed by atoms with Gasteiger partial charge in [0, 0.05) is 17.6 Å². The van der Waals surface area contributed by atoms with Crippen LogP contribution in [0.5, 0.6) is 0 Å². The molecule has 1 fully saturated rings. The minimum Gasteiger partial charge on any atom is -0.444 e. The van der Waals surface area contributed by atoms with E-state index in [0.717, 1.165) is 0 Å². The summed E-state index contributed by atoms with van der Waals surface area (Å²) < 4.78 is 17.5. The maximum Gasteiger partial charge on any atom is 0.410 e. The highest BCUT2D eigenvalue weighted by molar-refractivity contribution is 6.14. The number of carbonyl (C=O) groups is 1. The van der Waals surface area contributed by atoms with Crippen molar-refractivity contribution in [2.75, 3.05) is 13.1 Å². The molecule has 0 saturated carbocycles. The van der Waals surface area contributed by atoms with E-state index in [-0.39, 0.29) is 6.54 Å². The van der Waals surface area contributed by atoms with E-state index in [4.69, 9.17) is 4.74 Å². The average molecular weight is 229 g/mol. The smallest absolute Gasteiger partial charge is 0.410 e. The quantitative estimate of drug-likeness (QED) is 0.593. The van der Waals surface area contributed by atoms with Gasteiger partial charge in [0.25, 0.3) is 0 Å². The van der Waals surface area contributed by atoms with Crippen LogP contribution in [-0.2, 0) is 4.74 Å². The molecule has 0 aliphatic carbocycles. The molecule has 1 aliphatic heterocycles. The summed E-state index contributed by atoms with van der Waals surface area (Å²) in [4.78, 5) is 13.1. The van der Waals surface area contributed by atoms with Gasteiger partial charge >= 0.3 is 6.09 Å². The topological polar surface area (TPSA) is 29.5 Å². The molecule has 1 rings (SSSR count). The van der Waals surface area contributed by atoms with E-state index >= 15 is 0 Å². The highest BCUT2D eigenvalue weighted by Gasteiger charge is 2.33. The van der Waals surface area contributed by atoms with Crippen molar-refractivity contribution < 1.29 is 13.9 Å². The number of amides is 1. The van der Waals surface area contributed by atoms with E-state index in [1.54, 1.807) is 20.8 Å². The van der Waals surface area contributed by atoms with Crippen LogP contribution in [0.25, 0.3) is 0 Å². The lowest BCUT2D eigenvalue weighted by atomic mass is 10.1. The lowest BCUT2D eigenvalue weighted by molar-refractivity contribution is 0.00945. The second-order valence-electron chi connectivity index (χ2n) is 5.04. The highest BCUT2D eigenvalue weighted by Crippen LogP contribution is 2.23. The molecule has 2 radical (unpaired) electrons. The first-order chi connectivity index (χ1) is 6.70. The first-order valence-electron chi connectivity index (χ1n) is 5.15. The van der Waals surface area contributed by atoms with Gasteiger partial charge in [-0.15, -0.1) is 0 Å². The van der Waals surface area contributed by atoms with Gasteiger partial charge in [0.15, 0.2) is 16.3 Å². The lowest BCUT2D eigenvalue weighted by Crippen LogP contribution is -2.49. The van der Waals surface area contributed by atoms with Crippen LogP contribution in [0.4, 0.5) is 9.18 Å². The first kappa shape index (κ1) is 12.8. The second-order valence-corrected chi connectivity index (χ2v) is 6.07. The fourth-order valence-electron chi connectivity index (χ4n) is 1.52. The van der Waals surface area contributed by atoms with Gasteiger partial charge in [0.2, 0.25) is 0 Å². The predicted octanol–water partition coefficient (Wildman–Crippen LogP) is 1.85. The molecule has 15 heavy (non-hydrogen) atoms. The van der Waals surface area contributed by atoms with Crippen LogP contribution in [0, 0.1) is 0 Å². The number of hydrogen-bond donors (Lipinski definition) is 0. The molecule has 84 valence electrons. The van der Waals surface area contributed by atoms with Gasteiger partial charge < -0.3 is 9.64 Å². The summed E-state index contributed by atoms with van der Waals surface area (Å²) in [6, 6.07) is 0. The minimum absolute atomic E-state index is 0.104. The summed E-state index contributed by atoms with van der Waals surface area (Å²) in [5, 5.41) is 0. The van der Waals surface area contributed by atoms with Gasteiger partial charge in [-0.3, -0.25) is 4.39 Å². The lowest BCUT2D eigenvalue weighted by Gasteiger charge is -2.37. The van der Waals surface area contributed by atoms with Crippen molar-refractivity contribution >= 4 is 22.4 Å². The molecular formula is C10H17AlFNO2. The molecule has 1 saturated heterocycles. The fraction of sp³-hybridized carbons (Fsp3) is 0.900. The Labute approximate surface area is 98.4 Å². The zero-order valence-electron chi connectivity index (χ0n) is 9.55. The van der Waals surface area contributed by atoms with E-state index in [2.05, 4.69) is 16.3 Å². The molecule has 5 heteroatoms. The number of likely N-dealkylation sites (tertiary alicyclic amines) is 1. The van der Waals surface area contributed by atoms with Crippen LogP contribution in [0.3, 0.4) is 0 Å². The van der Waals surface area contributed by atoms with Crippen molar-refractivity contribution in [3.8, 4) is 0 Å². The van der Waals surface area contributed by atoms with Crippen LogP contribution in [-0.4, -0.2) is 50.5 Å². The summed E-state index contributed by atoms with van der Waals surface area (Å²) in [6.45, 7) is 6.09. The van der Waals surface area contributed by atoms with E-state index < -0.39 is 16.2 Å². The number of piperidine rings is 1. The van der Waals surface area contributed by atoms with Crippen molar-refractivity contribution in [1.29, 1.82) is 0 Å². The fourth-order valence-corrected chi connectivity index (χ4v) is 1.95. The van der Waals surface area contributed by atoms with Crippen LogP contribution in [0.2, 0.25) is 0 Å². The molecule has 0 bridgehead atoms. The molecule has 0 N–H and O–H groups in total. The Morgan fingerprint density at radius 2 is 2.13 bits per heavy atom. The normalized spacial score (nSPS) is 27.6. The van der Waals surface area contributed by atoms with Crippen molar-refractivity contribution in [1.82, 2.24) is 4.90 Å². The molecule has 1 amide bonds. The molecule has 1 heterocycles. The molecule has 1 atom stereocenters. The Hall–Kier alpha value is -0.268. The number of alkyl halides is 1. The highest BCUT2D eigenvalue weighted by atomic mass is 27.0. The number of rotatable bonds is 0. The van der Waals surface area contributed by atoms with Gasteiger partial charge in [-0.05, 0) is 33.6 Å². The molecule has 0 aromatic carbocycles. The maximum absolute atomic E-state index is 13.6. The zero-order valence-corrected chi connectivity index (χ0v) is 10.7. The van der Waals surface area contributed by atoms with Crippen molar-refractivity contribution in [2.24, 2.45) is 0 Å². The molecule has 0 aromatic rings. The average Bonchev–Trinajstić information content (AvgIpc) is 1.99. The van der Waals surface area contributed by atoms with Crippen molar-refractivity contribution in [3.63, 3.8) is 0 Å². The molecule has 0 aromatic heterocycles. The third kappa shape index (κ3) is 4.40. The summed E-state index contributed by atoms with van der Waals surface area (Å²) in [7, 11) is 0. The Balaban J connectivity index is 2.53. The van der Waals surface area contributed by atoms with Gasteiger partial charge in [0.1, 0.15) is 5.60 Å². The third-order valence-corrected chi connectivity index (χ3v) is 2.60. The summed E-state index contributed by atoms with van der Waals surface area (Å²) in [5.74, 6) is 0. The van der Waals surface area contributed by atoms with Gasteiger partial charge in [-0.2, -0.15) is 0 Å². The summed E-state index contributed by atoms with van der Waals surface area (Å²) in [6.07, 6.45) is 0.739. The number of hydrogen-bond acceptors (Lipinski definition) is 2. The molecule has 1 aliphatic rings. The van der Waals surface area contributed by atoms with E-state index in [9.17, 15) is 9.18 Å². The summed E-state index contributed by atoms with van der Waals surface area (Å²) >= 11 is 2.17. The molecule has 0 spiro atoms. The van der Waals surface area contributed by atoms with Gasteiger partial charge in [-0.1, -0.05) is 0 Å². The largest absolute Gasteiger partial charge is 0.444 e. The number of carbonyl (C=O) groups excluding carboxylic acids is 1. The number of ether oxygens (including phenoxy) is 1. The number of halogens is 1. The Morgan fingerprint density at radius 1 is 1.53 bits per heavy atom. The van der Waals surface area contributed by atoms with Crippen LogP contribution in [0.15, 0.2) is 0 Å². The van der Waals surface area contributed by atoms with Crippen LogP contribution in [0.1, 0.15) is 33.6 Å². The second kappa shape index (κ2) is 4.31. The van der Waals surface area contributed by atoms with Gasteiger partial charge in [0.05, 0.1) is 0 Å². The monoisotopic (exact) mass is 229 g/mol. The Bertz CT molecular complexity index is 250.